The van der Waals surface area contributed by atoms with E-state index in [1.165, 1.54) is 35.5 Å². The third-order valence-electron chi connectivity index (χ3n) is 4.56. The van der Waals surface area contributed by atoms with Crippen LogP contribution in [0.25, 0.3) is 0 Å². The normalized spacial score (nSPS) is 13.1. The summed E-state index contributed by atoms with van der Waals surface area (Å²) in [6.45, 7) is 5.72. The highest BCUT2D eigenvalue weighted by molar-refractivity contribution is 7.92. The Morgan fingerprint density at radius 3 is 1.93 bits per heavy atom. The van der Waals surface area contributed by atoms with Crippen LogP contribution in [0.3, 0.4) is 0 Å². The van der Waals surface area contributed by atoms with Crippen LogP contribution < -0.4 is 9.62 Å². The standard InChI is InChI=1S/C20H27N3O5S2/c1-5-22(6-2)30(27,28)19-14-12-17(13-15-19)21-20(24)16(3)23(29(4,25)26)18-10-8-7-9-11-18/h7-16H,5-6H2,1-4H3,(H,21,24)/t16-/m0/s1. The molecule has 0 radical (unpaired) electrons. The molecule has 1 amide bonds. The van der Waals surface area contributed by atoms with Crippen LogP contribution in [0.15, 0.2) is 59.5 Å². The fourth-order valence-corrected chi connectivity index (χ4v) is 5.69. The van der Waals surface area contributed by atoms with E-state index in [1.807, 2.05) is 0 Å². The maximum atomic E-state index is 12.7. The number of sulfonamides is 2. The lowest BCUT2D eigenvalue weighted by Crippen LogP contribution is -2.45. The molecule has 2 aromatic rings. The monoisotopic (exact) mass is 453 g/mol. The van der Waals surface area contributed by atoms with Gasteiger partial charge in [0.2, 0.25) is 26.0 Å². The fraction of sp³-hybridized carbons (Fsp3) is 0.350. The van der Waals surface area contributed by atoms with Crippen LogP contribution in [0.1, 0.15) is 20.8 Å². The van der Waals surface area contributed by atoms with Crippen molar-refractivity contribution in [1.29, 1.82) is 0 Å². The zero-order chi connectivity index (χ0) is 22.5. The Morgan fingerprint density at radius 2 is 1.47 bits per heavy atom. The lowest BCUT2D eigenvalue weighted by atomic mass is 10.2. The van der Waals surface area contributed by atoms with Gasteiger partial charge in [-0.2, -0.15) is 4.31 Å². The van der Waals surface area contributed by atoms with Crippen molar-refractivity contribution in [3.8, 4) is 0 Å². The molecule has 8 nitrogen and oxygen atoms in total. The van der Waals surface area contributed by atoms with Gasteiger partial charge in [0.15, 0.2) is 0 Å². The Bertz CT molecular complexity index is 1070. The number of carbonyl (C=O) groups excluding carboxylic acids is 1. The molecule has 0 saturated heterocycles. The summed E-state index contributed by atoms with van der Waals surface area (Å²) in [5.41, 5.74) is 0.746. The van der Waals surface area contributed by atoms with E-state index in [0.717, 1.165) is 10.6 Å². The van der Waals surface area contributed by atoms with Crippen molar-refractivity contribution in [1.82, 2.24) is 4.31 Å². The number of rotatable bonds is 9. The Hall–Kier alpha value is -2.43. The van der Waals surface area contributed by atoms with Gasteiger partial charge in [0.1, 0.15) is 6.04 Å². The Balaban J connectivity index is 2.23. The molecular weight excluding hydrogens is 426 g/mol. The van der Waals surface area contributed by atoms with Crippen molar-refractivity contribution in [2.75, 3.05) is 29.0 Å². The van der Waals surface area contributed by atoms with Gasteiger partial charge in [-0.3, -0.25) is 9.10 Å². The van der Waals surface area contributed by atoms with Crippen molar-refractivity contribution in [3.63, 3.8) is 0 Å². The second kappa shape index (κ2) is 9.59. The van der Waals surface area contributed by atoms with Crippen LogP contribution in [0.5, 0.6) is 0 Å². The van der Waals surface area contributed by atoms with Crippen molar-refractivity contribution >= 4 is 37.3 Å². The Labute approximate surface area is 178 Å². The van der Waals surface area contributed by atoms with Crippen molar-refractivity contribution in [2.24, 2.45) is 0 Å². The van der Waals surface area contributed by atoms with E-state index in [2.05, 4.69) is 5.32 Å². The molecule has 0 aliphatic carbocycles. The number of nitrogens with one attached hydrogen (secondary N) is 1. The summed E-state index contributed by atoms with van der Waals surface area (Å²) < 4.78 is 52.1. The number of carbonyl (C=O) groups is 1. The summed E-state index contributed by atoms with van der Waals surface area (Å²) >= 11 is 0. The van der Waals surface area contributed by atoms with Crippen molar-refractivity contribution in [3.05, 3.63) is 54.6 Å². The van der Waals surface area contributed by atoms with E-state index < -0.39 is 32.0 Å². The molecular formula is C20H27N3O5S2. The van der Waals surface area contributed by atoms with Gasteiger partial charge in [0.25, 0.3) is 0 Å². The minimum Gasteiger partial charge on any atom is -0.324 e. The first-order chi connectivity index (χ1) is 14.0. The van der Waals surface area contributed by atoms with Crippen molar-refractivity contribution < 1.29 is 21.6 Å². The van der Waals surface area contributed by atoms with E-state index in [-0.39, 0.29) is 4.90 Å². The number of para-hydroxylation sites is 1. The maximum Gasteiger partial charge on any atom is 0.247 e. The Kier molecular flexibility index (Phi) is 7.62. The zero-order valence-corrected chi connectivity index (χ0v) is 19.1. The lowest BCUT2D eigenvalue weighted by Gasteiger charge is -2.28. The van der Waals surface area contributed by atoms with Gasteiger partial charge in [-0.05, 0) is 43.3 Å². The quantitative estimate of drug-likeness (QED) is 0.628. The first-order valence-corrected chi connectivity index (χ1v) is 12.8. The molecule has 10 heteroatoms. The molecule has 0 spiro atoms. The number of nitrogens with zero attached hydrogens (tertiary/aromatic N) is 2. The summed E-state index contributed by atoms with van der Waals surface area (Å²) in [4.78, 5) is 12.8. The molecule has 1 N–H and O–H groups in total. The second-order valence-corrected chi connectivity index (χ2v) is 10.5. The average Bonchev–Trinajstić information content (AvgIpc) is 2.69. The SMILES string of the molecule is CCN(CC)S(=O)(=O)c1ccc(NC(=O)[C@H](C)N(c2ccccc2)S(C)(=O)=O)cc1. The molecule has 0 aliphatic rings. The second-order valence-electron chi connectivity index (χ2n) is 6.67. The lowest BCUT2D eigenvalue weighted by molar-refractivity contribution is -0.116. The molecule has 0 unspecified atom stereocenters. The summed E-state index contributed by atoms with van der Waals surface area (Å²) in [5, 5.41) is 2.65. The molecule has 0 aliphatic heterocycles. The van der Waals surface area contributed by atoms with Gasteiger partial charge in [-0.15, -0.1) is 0 Å². The van der Waals surface area contributed by atoms with Gasteiger partial charge in [-0.25, -0.2) is 16.8 Å². The molecule has 0 heterocycles. The number of anilines is 2. The summed E-state index contributed by atoms with van der Waals surface area (Å²) in [7, 11) is -7.31. The maximum absolute atomic E-state index is 12.7. The van der Waals surface area contributed by atoms with Gasteiger partial charge >= 0.3 is 0 Å². The van der Waals surface area contributed by atoms with Gasteiger partial charge in [0, 0.05) is 18.8 Å². The topological polar surface area (TPSA) is 104 Å². The van der Waals surface area contributed by atoms with E-state index in [1.54, 1.807) is 44.2 Å². The highest BCUT2D eigenvalue weighted by atomic mass is 32.2. The third-order valence-corrected chi connectivity index (χ3v) is 7.87. The first kappa shape index (κ1) is 23.8. The van der Waals surface area contributed by atoms with Crippen LogP contribution in [-0.4, -0.2) is 52.4 Å². The number of hydrogen-bond donors (Lipinski definition) is 1. The first-order valence-electron chi connectivity index (χ1n) is 9.47. The van der Waals surface area contributed by atoms with Crippen LogP contribution in [0.4, 0.5) is 11.4 Å². The summed E-state index contributed by atoms with van der Waals surface area (Å²) in [6.07, 6.45) is 1.04. The molecule has 1 atom stereocenters. The highest BCUT2D eigenvalue weighted by Crippen LogP contribution is 2.22. The molecule has 0 saturated carbocycles. The van der Waals surface area contributed by atoms with Crippen molar-refractivity contribution in [2.45, 2.75) is 31.7 Å². The van der Waals surface area contributed by atoms with E-state index >= 15 is 0 Å². The van der Waals surface area contributed by atoms with E-state index in [9.17, 15) is 21.6 Å². The predicted molar refractivity (Wildman–Crippen MR) is 118 cm³/mol. The fourth-order valence-electron chi connectivity index (χ4n) is 3.05. The summed E-state index contributed by atoms with van der Waals surface area (Å²) in [5.74, 6) is -0.538. The Morgan fingerprint density at radius 1 is 0.933 bits per heavy atom. The minimum atomic E-state index is -3.71. The van der Waals surface area contributed by atoms with Crippen LogP contribution in [0, 0.1) is 0 Å². The molecule has 2 rings (SSSR count). The average molecular weight is 454 g/mol. The molecule has 0 aromatic heterocycles. The largest absolute Gasteiger partial charge is 0.324 e. The zero-order valence-electron chi connectivity index (χ0n) is 17.4. The molecule has 30 heavy (non-hydrogen) atoms. The van der Waals surface area contributed by atoms with E-state index in [0.29, 0.717) is 24.5 Å². The summed E-state index contributed by atoms with van der Waals surface area (Å²) in [6, 6.07) is 13.1. The van der Waals surface area contributed by atoms with Crippen LogP contribution in [0.2, 0.25) is 0 Å². The molecule has 2 aromatic carbocycles. The smallest absolute Gasteiger partial charge is 0.247 e. The molecule has 164 valence electrons. The van der Waals surface area contributed by atoms with Gasteiger partial charge in [-0.1, -0.05) is 32.0 Å². The third kappa shape index (κ3) is 5.38. The predicted octanol–water partition coefficient (Wildman–Crippen LogP) is 2.51. The van der Waals surface area contributed by atoms with Gasteiger partial charge < -0.3 is 5.32 Å². The number of benzene rings is 2. The highest BCUT2D eigenvalue weighted by Gasteiger charge is 2.29. The number of amides is 1. The van der Waals surface area contributed by atoms with Crippen LogP contribution >= 0.6 is 0 Å². The molecule has 0 bridgehead atoms. The molecule has 0 fully saturated rings. The van der Waals surface area contributed by atoms with Gasteiger partial charge in [0.05, 0.1) is 16.8 Å². The van der Waals surface area contributed by atoms with Crippen LogP contribution in [-0.2, 0) is 24.8 Å². The van der Waals surface area contributed by atoms with E-state index in [4.69, 9.17) is 0 Å². The number of hydrogen-bond acceptors (Lipinski definition) is 5. The minimum absolute atomic E-state index is 0.124.